The average Bonchev–Trinajstić information content (AvgIpc) is 2.82. The maximum Gasteiger partial charge on any atom is 0.276 e. The van der Waals surface area contributed by atoms with Crippen molar-refractivity contribution >= 4 is 16.6 Å². The van der Waals surface area contributed by atoms with Gasteiger partial charge >= 0.3 is 0 Å². The van der Waals surface area contributed by atoms with Gasteiger partial charge in [-0.25, -0.2) is 0 Å². The maximum absolute atomic E-state index is 11.2. The van der Waals surface area contributed by atoms with Crippen molar-refractivity contribution in [1.82, 2.24) is 14.8 Å². The Hall–Kier alpha value is -2.80. The van der Waals surface area contributed by atoms with Gasteiger partial charge in [-0.3, -0.25) is 19.8 Å². The first-order chi connectivity index (χ1) is 10.5. The Morgan fingerprint density at radius 3 is 2.77 bits per heavy atom. The van der Waals surface area contributed by atoms with Crippen LogP contribution in [0.5, 0.6) is 0 Å². The van der Waals surface area contributed by atoms with E-state index >= 15 is 0 Å². The summed E-state index contributed by atoms with van der Waals surface area (Å²) in [4.78, 5) is 14.9. The van der Waals surface area contributed by atoms with Crippen LogP contribution in [-0.4, -0.2) is 19.7 Å². The van der Waals surface area contributed by atoms with Crippen LogP contribution in [0.1, 0.15) is 11.3 Å². The molecule has 0 saturated heterocycles. The molecular formula is C15H15N5O2. The molecule has 2 heterocycles. The van der Waals surface area contributed by atoms with Crippen molar-refractivity contribution in [3.8, 4) is 11.3 Å². The van der Waals surface area contributed by atoms with Gasteiger partial charge in [0.1, 0.15) is 5.69 Å². The number of nitrogens with two attached hydrogens (primary N) is 1. The van der Waals surface area contributed by atoms with Crippen LogP contribution in [0.4, 0.5) is 5.69 Å². The second kappa shape index (κ2) is 5.19. The molecule has 7 heteroatoms. The fraction of sp³-hybridized carbons (Fsp3) is 0.200. The number of rotatable bonds is 3. The van der Waals surface area contributed by atoms with E-state index in [0.717, 1.165) is 22.3 Å². The van der Waals surface area contributed by atoms with Crippen molar-refractivity contribution in [2.75, 3.05) is 0 Å². The molecule has 0 spiro atoms. The molecule has 0 unspecified atom stereocenters. The van der Waals surface area contributed by atoms with Gasteiger partial charge in [-0.2, -0.15) is 5.10 Å². The predicted octanol–water partition coefficient (Wildman–Crippen LogP) is 2.31. The lowest BCUT2D eigenvalue weighted by molar-refractivity contribution is -0.385. The number of aromatic nitrogens is 3. The van der Waals surface area contributed by atoms with Gasteiger partial charge in [0.2, 0.25) is 0 Å². The lowest BCUT2D eigenvalue weighted by Gasteiger charge is -2.02. The van der Waals surface area contributed by atoms with Crippen molar-refractivity contribution in [2.45, 2.75) is 13.5 Å². The van der Waals surface area contributed by atoms with Crippen LogP contribution in [0.3, 0.4) is 0 Å². The number of pyridine rings is 1. The zero-order valence-corrected chi connectivity index (χ0v) is 12.3. The molecule has 2 N–H and O–H groups in total. The first-order valence-corrected chi connectivity index (χ1v) is 6.78. The minimum Gasteiger partial charge on any atom is -0.326 e. The summed E-state index contributed by atoms with van der Waals surface area (Å²) >= 11 is 0. The summed E-state index contributed by atoms with van der Waals surface area (Å²) in [5, 5.41) is 16.5. The molecule has 0 radical (unpaired) electrons. The summed E-state index contributed by atoms with van der Waals surface area (Å²) in [7, 11) is 1.77. The number of nitrogens with zero attached hydrogens (tertiary/aromatic N) is 4. The van der Waals surface area contributed by atoms with Crippen molar-refractivity contribution < 1.29 is 4.92 Å². The smallest absolute Gasteiger partial charge is 0.276 e. The van der Waals surface area contributed by atoms with E-state index in [-0.39, 0.29) is 12.2 Å². The summed E-state index contributed by atoms with van der Waals surface area (Å²) in [5.41, 5.74) is 9.46. The number of aryl methyl sites for hydroxylation is 2. The van der Waals surface area contributed by atoms with E-state index in [1.54, 1.807) is 24.0 Å². The molecule has 0 aliphatic heterocycles. The predicted molar refractivity (Wildman–Crippen MR) is 83.2 cm³/mol. The molecular weight excluding hydrogens is 282 g/mol. The SMILES string of the molecule is Cc1cc(-c2nn(C)c3cc([N+](=O)[O-])c(CN)cc23)ccn1. The summed E-state index contributed by atoms with van der Waals surface area (Å²) in [5.74, 6) is 0. The van der Waals surface area contributed by atoms with Gasteiger partial charge in [-0.05, 0) is 25.1 Å². The fourth-order valence-electron chi connectivity index (χ4n) is 2.58. The van der Waals surface area contributed by atoms with Crippen LogP contribution < -0.4 is 5.73 Å². The molecule has 22 heavy (non-hydrogen) atoms. The molecule has 0 bridgehead atoms. The average molecular weight is 297 g/mol. The number of nitro groups is 1. The van der Waals surface area contributed by atoms with Gasteiger partial charge in [-0.15, -0.1) is 0 Å². The lowest BCUT2D eigenvalue weighted by atomic mass is 10.0. The van der Waals surface area contributed by atoms with Crippen molar-refractivity contribution in [3.05, 3.63) is 51.8 Å². The largest absolute Gasteiger partial charge is 0.326 e. The van der Waals surface area contributed by atoms with Gasteiger partial charge in [0.15, 0.2) is 0 Å². The molecule has 0 aliphatic carbocycles. The Balaban J connectivity index is 2.32. The third kappa shape index (κ3) is 2.21. The molecule has 0 aliphatic rings. The van der Waals surface area contributed by atoms with Gasteiger partial charge in [-0.1, -0.05) is 0 Å². The Kier molecular flexibility index (Phi) is 3.34. The highest BCUT2D eigenvalue weighted by molar-refractivity contribution is 5.95. The lowest BCUT2D eigenvalue weighted by Crippen LogP contribution is -2.02. The monoisotopic (exact) mass is 297 g/mol. The van der Waals surface area contributed by atoms with Crippen LogP contribution in [0.2, 0.25) is 0 Å². The molecule has 0 fully saturated rings. The molecule has 3 rings (SSSR count). The highest BCUT2D eigenvalue weighted by Gasteiger charge is 2.19. The standard InChI is InChI=1S/C15H15N5O2/c1-9-5-10(3-4-17-9)15-12-6-11(8-16)13(20(21)22)7-14(12)19(2)18-15/h3-7H,8,16H2,1-2H3. The molecule has 0 saturated carbocycles. The van der Waals surface area contributed by atoms with Crippen LogP contribution in [0.25, 0.3) is 22.2 Å². The van der Waals surface area contributed by atoms with E-state index < -0.39 is 4.92 Å². The molecule has 1 aromatic carbocycles. The first-order valence-electron chi connectivity index (χ1n) is 6.78. The third-order valence-electron chi connectivity index (χ3n) is 3.64. The van der Waals surface area contributed by atoms with E-state index in [4.69, 9.17) is 5.73 Å². The van der Waals surface area contributed by atoms with Gasteiger partial charge < -0.3 is 5.73 Å². The van der Waals surface area contributed by atoms with Crippen molar-refractivity contribution in [1.29, 1.82) is 0 Å². The molecule has 3 aromatic rings. The maximum atomic E-state index is 11.2. The Bertz CT molecular complexity index is 885. The van der Waals surface area contributed by atoms with Crippen molar-refractivity contribution in [3.63, 3.8) is 0 Å². The Morgan fingerprint density at radius 2 is 2.14 bits per heavy atom. The summed E-state index contributed by atoms with van der Waals surface area (Å²) in [6.07, 6.45) is 1.72. The van der Waals surface area contributed by atoms with Crippen LogP contribution in [0, 0.1) is 17.0 Å². The number of nitro benzene ring substituents is 1. The number of benzene rings is 1. The molecule has 112 valence electrons. The topological polar surface area (TPSA) is 99.9 Å². The fourth-order valence-corrected chi connectivity index (χ4v) is 2.58. The van der Waals surface area contributed by atoms with Crippen LogP contribution >= 0.6 is 0 Å². The highest BCUT2D eigenvalue weighted by atomic mass is 16.6. The molecule has 2 aromatic heterocycles. The Labute approximate surface area is 126 Å². The highest BCUT2D eigenvalue weighted by Crippen LogP contribution is 2.32. The molecule has 0 atom stereocenters. The van der Waals surface area contributed by atoms with Gasteiger partial charge in [0.05, 0.1) is 10.4 Å². The van der Waals surface area contributed by atoms with Gasteiger partial charge in [0.25, 0.3) is 5.69 Å². The van der Waals surface area contributed by atoms with E-state index in [2.05, 4.69) is 10.1 Å². The van der Waals surface area contributed by atoms with Crippen LogP contribution in [-0.2, 0) is 13.6 Å². The minimum atomic E-state index is -0.412. The third-order valence-corrected chi connectivity index (χ3v) is 3.64. The number of fused-ring (bicyclic) bond motifs is 1. The Morgan fingerprint density at radius 1 is 1.36 bits per heavy atom. The summed E-state index contributed by atoms with van der Waals surface area (Å²) in [6, 6.07) is 7.09. The van der Waals surface area contributed by atoms with Gasteiger partial charge in [0, 0.05) is 48.1 Å². The second-order valence-electron chi connectivity index (χ2n) is 5.12. The molecule has 0 amide bonds. The first kappa shape index (κ1) is 14.2. The zero-order valence-electron chi connectivity index (χ0n) is 12.3. The number of hydrogen-bond donors (Lipinski definition) is 1. The quantitative estimate of drug-likeness (QED) is 0.590. The number of hydrogen-bond acceptors (Lipinski definition) is 5. The minimum absolute atomic E-state index is 0.0236. The van der Waals surface area contributed by atoms with E-state index in [1.807, 2.05) is 19.1 Å². The summed E-state index contributed by atoms with van der Waals surface area (Å²) < 4.78 is 1.65. The van der Waals surface area contributed by atoms with E-state index in [1.165, 1.54) is 6.07 Å². The second-order valence-corrected chi connectivity index (χ2v) is 5.12. The van der Waals surface area contributed by atoms with E-state index in [0.29, 0.717) is 11.1 Å². The zero-order chi connectivity index (χ0) is 15.9. The molecule has 7 nitrogen and oxygen atoms in total. The van der Waals surface area contributed by atoms with Crippen molar-refractivity contribution in [2.24, 2.45) is 12.8 Å². The normalized spacial score (nSPS) is 11.0. The summed E-state index contributed by atoms with van der Waals surface area (Å²) in [6.45, 7) is 2.01. The van der Waals surface area contributed by atoms with E-state index in [9.17, 15) is 10.1 Å². The van der Waals surface area contributed by atoms with Crippen LogP contribution in [0.15, 0.2) is 30.5 Å².